The third-order valence-corrected chi connectivity index (χ3v) is 15.7. The summed E-state index contributed by atoms with van der Waals surface area (Å²) in [6.45, 7) is 15.1. The first kappa shape index (κ1) is 62.0. The number of rotatable bonds is 34. The van der Waals surface area contributed by atoms with Crippen LogP contribution in [-0.4, -0.2) is 70.4 Å². The predicted molar refractivity (Wildman–Crippen MR) is 295 cm³/mol. The number of ether oxygens (including phenoxy) is 2. The summed E-state index contributed by atoms with van der Waals surface area (Å²) in [5.41, 5.74) is 0.702. The van der Waals surface area contributed by atoms with Crippen molar-refractivity contribution in [3.05, 3.63) is 94.1 Å². The number of fused-ring (bicyclic) bond motifs is 2. The molecule has 0 N–H and O–H groups in total. The van der Waals surface area contributed by atoms with Crippen LogP contribution in [0.5, 0.6) is 0 Å². The SMILES string of the molecule is C.C=C(C)C(=O)N1C(=O)c2ccc(C(=O)OCCCCCCCCC3CCC(CCCCCC)C(CCCCCCCC)C3CCCCCCCCOC(=O)c3ccc4c(c3)C(=O)N(C(=O)C(=C)C)C4=O)cc2C1=O. The maximum absolute atomic E-state index is 12.9. The molecule has 75 heavy (non-hydrogen) atoms. The van der Waals surface area contributed by atoms with E-state index in [9.17, 15) is 38.4 Å². The van der Waals surface area contributed by atoms with Crippen molar-refractivity contribution in [3.63, 3.8) is 0 Å². The van der Waals surface area contributed by atoms with Crippen molar-refractivity contribution >= 4 is 47.4 Å². The van der Waals surface area contributed by atoms with Gasteiger partial charge in [0.05, 0.1) is 46.6 Å². The standard InChI is InChI=1S/C62H86N2O10.CH4/c1-7-9-11-13-19-25-31-49-45(29-23-12-10-8-2)33-34-46(30-24-18-14-16-21-27-39-73-61(71)47-35-37-51-53(41-47)59(69)63(57(51)67)55(65)43(3)4)50(49)32-26-20-15-17-22-28-40-74-62(72)48-36-38-52-54(42-48)60(70)64(58(52)68)56(66)44(5)6;/h35-38,41-42,45-46,49-50H,3,5,7-34,39-40H2,1-2,4,6H3;1H4. The van der Waals surface area contributed by atoms with Gasteiger partial charge >= 0.3 is 11.9 Å². The molecule has 3 aliphatic rings. The highest BCUT2D eigenvalue weighted by molar-refractivity contribution is 6.32. The van der Waals surface area contributed by atoms with Gasteiger partial charge in [0, 0.05) is 11.1 Å². The smallest absolute Gasteiger partial charge is 0.338 e. The van der Waals surface area contributed by atoms with Crippen LogP contribution in [0.3, 0.4) is 0 Å². The highest BCUT2D eigenvalue weighted by Crippen LogP contribution is 2.48. The van der Waals surface area contributed by atoms with Crippen molar-refractivity contribution in [2.45, 2.75) is 215 Å². The van der Waals surface area contributed by atoms with Gasteiger partial charge in [-0.05, 0) is 112 Å². The summed E-state index contributed by atoms with van der Waals surface area (Å²) in [4.78, 5) is 103. The fourth-order valence-electron chi connectivity index (χ4n) is 11.6. The summed E-state index contributed by atoms with van der Waals surface area (Å²) in [7, 11) is 0. The van der Waals surface area contributed by atoms with E-state index in [-0.39, 0.29) is 65.2 Å². The number of hydrogen-bond acceptors (Lipinski definition) is 10. The van der Waals surface area contributed by atoms with E-state index in [1.54, 1.807) is 0 Å². The molecule has 2 aromatic carbocycles. The van der Waals surface area contributed by atoms with Crippen LogP contribution in [-0.2, 0) is 19.1 Å². The van der Waals surface area contributed by atoms with Gasteiger partial charge in [0.2, 0.25) is 0 Å². The van der Waals surface area contributed by atoms with Gasteiger partial charge in [-0.3, -0.25) is 28.8 Å². The Balaban J connectivity index is 0.0000122. The van der Waals surface area contributed by atoms with Crippen molar-refractivity contribution in [2.24, 2.45) is 23.7 Å². The second kappa shape index (κ2) is 32.2. The highest BCUT2D eigenvalue weighted by atomic mass is 16.5. The molecule has 0 radical (unpaired) electrons. The molecular formula is C63H90N2O10. The first-order valence-electron chi connectivity index (χ1n) is 28.5. The third-order valence-electron chi connectivity index (χ3n) is 15.7. The van der Waals surface area contributed by atoms with Crippen molar-refractivity contribution in [1.29, 1.82) is 0 Å². The van der Waals surface area contributed by atoms with Crippen LogP contribution in [0.2, 0.25) is 0 Å². The molecule has 1 aliphatic carbocycles. The molecule has 12 heteroatoms. The van der Waals surface area contributed by atoms with E-state index < -0.39 is 47.4 Å². The number of unbranched alkanes of at least 4 members (excludes halogenated alkanes) is 18. The molecule has 2 heterocycles. The Labute approximate surface area is 449 Å². The average Bonchev–Trinajstić information content (AvgIpc) is 3.79. The van der Waals surface area contributed by atoms with Crippen molar-refractivity contribution < 1.29 is 47.8 Å². The quantitative estimate of drug-likeness (QED) is 0.0285. The molecule has 412 valence electrons. The molecule has 0 saturated heterocycles. The number of carbonyl (C=O) groups excluding carboxylic acids is 8. The van der Waals surface area contributed by atoms with Crippen LogP contribution in [0.4, 0.5) is 0 Å². The van der Waals surface area contributed by atoms with E-state index in [1.165, 1.54) is 179 Å². The number of carbonyl (C=O) groups is 8. The van der Waals surface area contributed by atoms with Gasteiger partial charge in [0.15, 0.2) is 0 Å². The highest BCUT2D eigenvalue weighted by Gasteiger charge is 2.42. The zero-order valence-corrected chi connectivity index (χ0v) is 45.4. The fraction of sp³-hybridized carbons (Fsp3) is 0.619. The molecule has 1 saturated carbocycles. The lowest BCUT2D eigenvalue weighted by Crippen LogP contribution is -2.36. The zero-order chi connectivity index (χ0) is 53.6. The largest absolute Gasteiger partial charge is 0.462 e. The van der Waals surface area contributed by atoms with Crippen LogP contribution in [0.25, 0.3) is 0 Å². The normalized spacial score (nSPS) is 17.9. The molecular weight excluding hydrogens is 945 g/mol. The third kappa shape index (κ3) is 17.5. The second-order valence-electron chi connectivity index (χ2n) is 21.5. The number of nitrogens with zero attached hydrogens (tertiary/aromatic N) is 2. The number of imide groups is 6. The molecule has 0 spiro atoms. The van der Waals surface area contributed by atoms with E-state index >= 15 is 0 Å². The topological polar surface area (TPSA) is 162 Å². The molecule has 2 aliphatic heterocycles. The Morgan fingerprint density at radius 2 is 0.760 bits per heavy atom. The Hall–Kier alpha value is -5.52. The summed E-state index contributed by atoms with van der Waals surface area (Å²) < 4.78 is 11.1. The van der Waals surface area contributed by atoms with Gasteiger partial charge in [-0.25, -0.2) is 19.4 Å². The van der Waals surface area contributed by atoms with Crippen LogP contribution >= 0.6 is 0 Å². The maximum Gasteiger partial charge on any atom is 0.338 e. The van der Waals surface area contributed by atoms with Gasteiger partial charge in [-0.15, -0.1) is 0 Å². The predicted octanol–water partition coefficient (Wildman–Crippen LogP) is 15.2. The van der Waals surface area contributed by atoms with Gasteiger partial charge in [0.25, 0.3) is 35.4 Å². The minimum atomic E-state index is -0.755. The van der Waals surface area contributed by atoms with Crippen molar-refractivity contribution in [2.75, 3.05) is 13.2 Å². The van der Waals surface area contributed by atoms with E-state index in [0.717, 1.165) is 75.0 Å². The van der Waals surface area contributed by atoms with Crippen molar-refractivity contribution in [3.8, 4) is 0 Å². The molecule has 4 unspecified atom stereocenters. The molecule has 0 aromatic heterocycles. The summed E-state index contributed by atoms with van der Waals surface area (Å²) in [5, 5.41) is 0. The Morgan fingerprint density at radius 3 is 1.12 bits per heavy atom. The maximum atomic E-state index is 12.9. The summed E-state index contributed by atoms with van der Waals surface area (Å²) >= 11 is 0. The van der Waals surface area contributed by atoms with Crippen LogP contribution in [0.15, 0.2) is 60.7 Å². The molecule has 0 bridgehead atoms. The molecule has 6 amide bonds. The van der Waals surface area contributed by atoms with Crippen LogP contribution < -0.4 is 0 Å². The number of amides is 6. The second-order valence-corrected chi connectivity index (χ2v) is 21.5. The number of hydrogen-bond donors (Lipinski definition) is 0. The van der Waals surface area contributed by atoms with Gasteiger partial charge < -0.3 is 9.47 Å². The number of benzene rings is 2. The van der Waals surface area contributed by atoms with Gasteiger partial charge in [-0.1, -0.05) is 176 Å². The summed E-state index contributed by atoms with van der Waals surface area (Å²) in [6, 6.07) is 8.39. The monoisotopic (exact) mass is 1030 g/mol. The lowest BCUT2D eigenvalue weighted by molar-refractivity contribution is -0.123. The Morgan fingerprint density at radius 1 is 0.453 bits per heavy atom. The Kier molecular flexibility index (Phi) is 26.6. The minimum absolute atomic E-state index is 0. The Bertz CT molecular complexity index is 2310. The first-order valence-corrected chi connectivity index (χ1v) is 28.5. The van der Waals surface area contributed by atoms with E-state index in [4.69, 9.17) is 9.47 Å². The summed E-state index contributed by atoms with van der Waals surface area (Å²) in [6.07, 6.45) is 34.2. The van der Waals surface area contributed by atoms with E-state index in [2.05, 4.69) is 27.0 Å². The van der Waals surface area contributed by atoms with Crippen LogP contribution in [0.1, 0.15) is 277 Å². The first-order chi connectivity index (χ1) is 35.7. The average molecular weight is 1040 g/mol. The van der Waals surface area contributed by atoms with Gasteiger partial charge in [-0.2, -0.15) is 0 Å². The summed E-state index contributed by atoms with van der Waals surface area (Å²) in [5.74, 6) is -2.32. The lowest BCUT2D eigenvalue weighted by Gasteiger charge is -2.44. The number of esters is 2. The fourth-order valence-corrected chi connectivity index (χ4v) is 11.6. The van der Waals surface area contributed by atoms with E-state index in [1.807, 2.05) is 0 Å². The minimum Gasteiger partial charge on any atom is -0.462 e. The van der Waals surface area contributed by atoms with Crippen molar-refractivity contribution in [1.82, 2.24) is 9.80 Å². The molecule has 1 fully saturated rings. The lowest BCUT2D eigenvalue weighted by atomic mass is 9.61. The van der Waals surface area contributed by atoms with Crippen LogP contribution in [0, 0.1) is 23.7 Å². The molecule has 12 nitrogen and oxygen atoms in total. The van der Waals surface area contributed by atoms with E-state index in [0.29, 0.717) is 9.80 Å². The molecule has 2 aromatic rings. The zero-order valence-electron chi connectivity index (χ0n) is 45.4. The van der Waals surface area contributed by atoms with Gasteiger partial charge in [0.1, 0.15) is 0 Å². The molecule has 4 atom stereocenters. The molecule has 5 rings (SSSR count).